The fourth-order valence-corrected chi connectivity index (χ4v) is 4.10. The molecule has 2 aromatic rings. The zero-order chi connectivity index (χ0) is 19.8. The first-order chi connectivity index (χ1) is 13.6. The van der Waals surface area contributed by atoms with E-state index >= 15 is 0 Å². The summed E-state index contributed by atoms with van der Waals surface area (Å²) in [7, 11) is 0. The Balaban J connectivity index is 1.41. The van der Waals surface area contributed by atoms with Crippen LogP contribution < -0.4 is 5.32 Å². The molecule has 1 aromatic carbocycles. The van der Waals surface area contributed by atoms with Crippen LogP contribution in [0, 0.1) is 5.82 Å². The Kier molecular flexibility index (Phi) is 7.37. The van der Waals surface area contributed by atoms with Crippen LogP contribution in [0.25, 0.3) is 16.5 Å². The Bertz CT molecular complexity index is 829. The van der Waals surface area contributed by atoms with Gasteiger partial charge in [0.25, 0.3) is 0 Å². The van der Waals surface area contributed by atoms with Gasteiger partial charge in [-0.1, -0.05) is 18.6 Å². The van der Waals surface area contributed by atoms with Crippen molar-refractivity contribution < 1.29 is 14.0 Å². The van der Waals surface area contributed by atoms with E-state index in [0.717, 1.165) is 47.5 Å². The van der Waals surface area contributed by atoms with Crippen molar-refractivity contribution in [2.24, 2.45) is 0 Å². The Morgan fingerprint density at radius 2 is 1.96 bits per heavy atom. The lowest BCUT2D eigenvalue weighted by Gasteiger charge is -2.20. The molecule has 0 radical (unpaired) electrons. The summed E-state index contributed by atoms with van der Waals surface area (Å²) >= 11 is 1.55. The van der Waals surface area contributed by atoms with Gasteiger partial charge >= 0.3 is 0 Å². The number of likely N-dealkylation sites (tertiary alicyclic amines) is 1. The molecule has 1 fully saturated rings. The van der Waals surface area contributed by atoms with Crippen LogP contribution in [0.2, 0.25) is 0 Å². The summed E-state index contributed by atoms with van der Waals surface area (Å²) < 4.78 is 13.0. The van der Waals surface area contributed by atoms with Crippen molar-refractivity contribution in [3.63, 3.8) is 0 Å². The van der Waals surface area contributed by atoms with Crippen molar-refractivity contribution in [3.8, 4) is 10.4 Å². The summed E-state index contributed by atoms with van der Waals surface area (Å²) in [5, 5.41) is 2.87. The monoisotopic (exact) mass is 400 g/mol. The van der Waals surface area contributed by atoms with E-state index in [2.05, 4.69) is 5.32 Å². The average Bonchev–Trinajstić information content (AvgIpc) is 3.07. The quantitative estimate of drug-likeness (QED) is 0.550. The SMILES string of the molecule is O=C(/C=C/c1ccc(-c2ccc(F)cc2)s1)NCCCN1CCCCCC1=O. The molecule has 28 heavy (non-hydrogen) atoms. The smallest absolute Gasteiger partial charge is 0.244 e. The van der Waals surface area contributed by atoms with E-state index in [9.17, 15) is 14.0 Å². The number of halogens is 1. The first-order valence-electron chi connectivity index (χ1n) is 9.71. The zero-order valence-corrected chi connectivity index (χ0v) is 16.6. The topological polar surface area (TPSA) is 49.4 Å². The van der Waals surface area contributed by atoms with E-state index < -0.39 is 0 Å². The molecule has 6 heteroatoms. The summed E-state index contributed by atoms with van der Waals surface area (Å²) in [5.41, 5.74) is 0.957. The van der Waals surface area contributed by atoms with Crippen LogP contribution in [-0.2, 0) is 9.59 Å². The number of hydrogen-bond donors (Lipinski definition) is 1. The van der Waals surface area contributed by atoms with Gasteiger partial charge in [0.2, 0.25) is 11.8 Å². The van der Waals surface area contributed by atoms with Crippen molar-refractivity contribution >= 4 is 29.2 Å². The van der Waals surface area contributed by atoms with Crippen LogP contribution in [0.5, 0.6) is 0 Å². The van der Waals surface area contributed by atoms with Crippen LogP contribution >= 0.6 is 11.3 Å². The number of nitrogens with zero attached hydrogens (tertiary/aromatic N) is 1. The largest absolute Gasteiger partial charge is 0.352 e. The Morgan fingerprint density at radius 3 is 2.79 bits per heavy atom. The zero-order valence-electron chi connectivity index (χ0n) is 15.8. The maximum Gasteiger partial charge on any atom is 0.244 e. The molecule has 2 amide bonds. The first kappa shape index (κ1) is 20.3. The normalized spacial score (nSPS) is 15.0. The summed E-state index contributed by atoms with van der Waals surface area (Å²) in [6.45, 7) is 2.09. The fraction of sp³-hybridized carbons (Fsp3) is 0.364. The molecule has 3 rings (SSSR count). The number of hydrogen-bond acceptors (Lipinski definition) is 3. The molecule has 148 valence electrons. The van der Waals surface area contributed by atoms with Gasteiger partial charge in [0.1, 0.15) is 5.82 Å². The average molecular weight is 401 g/mol. The lowest BCUT2D eigenvalue weighted by Crippen LogP contribution is -2.33. The number of rotatable bonds is 7. The van der Waals surface area contributed by atoms with Gasteiger partial charge in [-0.05, 0) is 55.2 Å². The highest BCUT2D eigenvalue weighted by Crippen LogP contribution is 2.28. The third-order valence-corrected chi connectivity index (χ3v) is 5.83. The summed E-state index contributed by atoms with van der Waals surface area (Å²) in [4.78, 5) is 27.8. The molecule has 0 atom stereocenters. The molecular weight excluding hydrogens is 375 g/mol. The van der Waals surface area contributed by atoms with Gasteiger partial charge < -0.3 is 10.2 Å². The van der Waals surface area contributed by atoms with E-state index in [1.54, 1.807) is 29.5 Å². The molecule has 4 nitrogen and oxygen atoms in total. The molecule has 1 saturated heterocycles. The molecule has 1 aliphatic heterocycles. The third kappa shape index (κ3) is 6.02. The minimum Gasteiger partial charge on any atom is -0.352 e. The molecule has 1 N–H and O–H groups in total. The highest BCUT2D eigenvalue weighted by Gasteiger charge is 2.15. The predicted octanol–water partition coefficient (Wildman–Crippen LogP) is 4.48. The Morgan fingerprint density at radius 1 is 1.14 bits per heavy atom. The van der Waals surface area contributed by atoms with Gasteiger partial charge in [-0.3, -0.25) is 9.59 Å². The summed E-state index contributed by atoms with van der Waals surface area (Å²) in [6, 6.07) is 10.3. The number of carbonyl (C=O) groups is 2. The lowest BCUT2D eigenvalue weighted by atomic mass is 10.2. The lowest BCUT2D eigenvalue weighted by molar-refractivity contribution is -0.130. The molecule has 0 aliphatic carbocycles. The van der Waals surface area contributed by atoms with E-state index in [1.807, 2.05) is 17.0 Å². The first-order valence-corrected chi connectivity index (χ1v) is 10.5. The van der Waals surface area contributed by atoms with Crippen LogP contribution in [0.4, 0.5) is 4.39 Å². The van der Waals surface area contributed by atoms with Gasteiger partial charge in [0.15, 0.2) is 0 Å². The number of thiophene rings is 1. The second kappa shape index (κ2) is 10.2. The molecule has 2 heterocycles. The van der Waals surface area contributed by atoms with E-state index in [4.69, 9.17) is 0 Å². The summed E-state index contributed by atoms with van der Waals surface area (Å²) in [5.74, 6) is -0.158. The number of nitrogens with one attached hydrogen (secondary N) is 1. The minimum atomic E-state index is -0.252. The van der Waals surface area contributed by atoms with Gasteiger partial charge in [0, 0.05) is 41.9 Å². The van der Waals surface area contributed by atoms with Crippen LogP contribution in [0.1, 0.15) is 37.0 Å². The van der Waals surface area contributed by atoms with Gasteiger partial charge in [-0.25, -0.2) is 4.39 Å². The summed E-state index contributed by atoms with van der Waals surface area (Å²) in [6.07, 6.45) is 7.90. The molecular formula is C22H25FN2O2S. The number of carbonyl (C=O) groups excluding carboxylic acids is 2. The predicted molar refractivity (Wildman–Crippen MR) is 111 cm³/mol. The molecule has 0 spiro atoms. The molecule has 1 aromatic heterocycles. The van der Waals surface area contributed by atoms with Crippen LogP contribution in [0.3, 0.4) is 0 Å². The van der Waals surface area contributed by atoms with Crippen molar-refractivity contribution in [1.82, 2.24) is 10.2 Å². The van der Waals surface area contributed by atoms with Gasteiger partial charge in [-0.15, -0.1) is 11.3 Å². The maximum atomic E-state index is 13.0. The highest BCUT2D eigenvalue weighted by molar-refractivity contribution is 7.16. The van der Waals surface area contributed by atoms with E-state index in [1.165, 1.54) is 18.2 Å². The highest BCUT2D eigenvalue weighted by atomic mass is 32.1. The molecule has 1 aliphatic rings. The van der Waals surface area contributed by atoms with Gasteiger partial charge in [-0.2, -0.15) is 0 Å². The Hall–Kier alpha value is -2.47. The fourth-order valence-electron chi connectivity index (χ4n) is 3.18. The van der Waals surface area contributed by atoms with Crippen molar-refractivity contribution in [2.45, 2.75) is 32.1 Å². The standard InChI is InChI=1S/C22H25FN2O2S/c23-18-8-6-17(7-9-18)20-12-10-19(28-20)11-13-21(26)24-14-4-16-25-15-3-1-2-5-22(25)27/h6-13H,1-5,14-16H2,(H,24,26)/b13-11+. The van der Waals surface area contributed by atoms with E-state index in [0.29, 0.717) is 19.5 Å². The van der Waals surface area contributed by atoms with Crippen LogP contribution in [0.15, 0.2) is 42.5 Å². The van der Waals surface area contributed by atoms with Crippen molar-refractivity contribution in [1.29, 1.82) is 0 Å². The maximum absolute atomic E-state index is 13.0. The Labute approximate surface area is 169 Å². The number of benzene rings is 1. The van der Waals surface area contributed by atoms with Gasteiger partial charge in [0.05, 0.1) is 0 Å². The third-order valence-electron chi connectivity index (χ3n) is 4.73. The molecule has 0 unspecified atom stereocenters. The molecule has 0 saturated carbocycles. The molecule has 0 bridgehead atoms. The van der Waals surface area contributed by atoms with Crippen molar-refractivity contribution in [2.75, 3.05) is 19.6 Å². The van der Waals surface area contributed by atoms with Crippen molar-refractivity contribution in [3.05, 3.63) is 53.2 Å². The minimum absolute atomic E-state index is 0.140. The van der Waals surface area contributed by atoms with E-state index in [-0.39, 0.29) is 17.6 Å². The van der Waals surface area contributed by atoms with Crippen LogP contribution in [-0.4, -0.2) is 36.3 Å². The second-order valence-electron chi connectivity index (χ2n) is 6.88. The second-order valence-corrected chi connectivity index (χ2v) is 7.99. The number of amides is 2.